The van der Waals surface area contributed by atoms with Crippen LogP contribution in [0.1, 0.15) is 21.5 Å². The Morgan fingerprint density at radius 3 is 2.48 bits per heavy atom. The van der Waals surface area contributed by atoms with Gasteiger partial charge in [-0.2, -0.15) is 5.10 Å². The Balaban J connectivity index is 1.98. The molecule has 1 amide bonds. The van der Waals surface area contributed by atoms with Gasteiger partial charge in [-0.1, -0.05) is 30.3 Å². The molecular weight excluding hydrogens is 343 g/mol. The normalized spacial score (nSPS) is 12.4. The van der Waals surface area contributed by atoms with Gasteiger partial charge in [0.15, 0.2) is 0 Å². The van der Waals surface area contributed by atoms with Crippen LogP contribution in [0.25, 0.3) is 16.6 Å². The standard InChI is InChI=1S/C21H13FN4O/c22-16-7-3-1-5-12(16)19-14-9-10-26-20(14)18(15(11-24-26)21(23)27)13-6-2-4-8-17(13)25-19/h1-11H,(H2,23,27). The van der Waals surface area contributed by atoms with Crippen molar-refractivity contribution in [2.45, 2.75) is 0 Å². The summed E-state index contributed by atoms with van der Waals surface area (Å²) >= 11 is 0. The fourth-order valence-electron chi connectivity index (χ4n) is 3.55. The summed E-state index contributed by atoms with van der Waals surface area (Å²) in [5.41, 5.74) is 10.2. The summed E-state index contributed by atoms with van der Waals surface area (Å²) < 4.78 is 16.2. The lowest BCUT2D eigenvalue weighted by atomic mass is 9.96. The Morgan fingerprint density at radius 2 is 1.70 bits per heavy atom. The van der Waals surface area contributed by atoms with Gasteiger partial charge in [-0.3, -0.25) is 4.79 Å². The molecule has 130 valence electrons. The number of benzene rings is 2. The minimum Gasteiger partial charge on any atom is -0.366 e. The summed E-state index contributed by atoms with van der Waals surface area (Å²) in [6.07, 6.45) is 3.22. The van der Waals surface area contributed by atoms with Gasteiger partial charge >= 0.3 is 0 Å². The third-order valence-electron chi connectivity index (χ3n) is 4.74. The van der Waals surface area contributed by atoms with Gasteiger partial charge in [0, 0.05) is 28.5 Å². The highest BCUT2D eigenvalue weighted by Gasteiger charge is 2.26. The van der Waals surface area contributed by atoms with Crippen molar-refractivity contribution in [2.24, 2.45) is 10.7 Å². The van der Waals surface area contributed by atoms with E-state index in [2.05, 4.69) is 5.10 Å². The molecule has 2 N–H and O–H groups in total. The molecule has 3 heterocycles. The highest BCUT2D eigenvalue weighted by Crippen LogP contribution is 2.40. The molecule has 1 aliphatic rings. The van der Waals surface area contributed by atoms with Crippen molar-refractivity contribution in [2.75, 3.05) is 0 Å². The molecule has 0 atom stereocenters. The number of nitrogens with zero attached hydrogens (tertiary/aromatic N) is 3. The number of aliphatic imine (C=N–C) groups is 1. The van der Waals surface area contributed by atoms with Crippen molar-refractivity contribution in [1.29, 1.82) is 0 Å². The van der Waals surface area contributed by atoms with Crippen LogP contribution in [0, 0.1) is 5.82 Å². The number of carbonyl (C=O) groups is 1. The minimum absolute atomic E-state index is 0.305. The topological polar surface area (TPSA) is 72.8 Å². The molecule has 0 fully saturated rings. The molecule has 5 rings (SSSR count). The van der Waals surface area contributed by atoms with Crippen molar-refractivity contribution < 1.29 is 9.18 Å². The van der Waals surface area contributed by atoms with E-state index in [9.17, 15) is 9.18 Å². The maximum absolute atomic E-state index is 14.6. The lowest BCUT2D eigenvalue weighted by Gasteiger charge is -2.10. The average Bonchev–Trinajstić information content (AvgIpc) is 3.04. The quantitative estimate of drug-likeness (QED) is 0.523. The molecule has 4 aromatic rings. The Kier molecular flexibility index (Phi) is 3.21. The van der Waals surface area contributed by atoms with Crippen LogP contribution in [0.4, 0.5) is 10.1 Å². The molecule has 0 spiro atoms. The molecular formula is C21H13FN4O. The van der Waals surface area contributed by atoms with Crippen LogP contribution < -0.4 is 5.73 Å². The number of primary amides is 1. The van der Waals surface area contributed by atoms with Crippen LogP contribution in [-0.2, 0) is 0 Å². The molecule has 2 aromatic heterocycles. The van der Waals surface area contributed by atoms with Crippen molar-refractivity contribution in [3.05, 3.63) is 89.5 Å². The molecule has 0 radical (unpaired) electrons. The van der Waals surface area contributed by atoms with E-state index in [4.69, 9.17) is 10.7 Å². The van der Waals surface area contributed by atoms with Gasteiger partial charge in [0.2, 0.25) is 0 Å². The van der Waals surface area contributed by atoms with Gasteiger partial charge in [-0.05, 0) is 24.3 Å². The number of nitrogens with two attached hydrogens (primary N) is 1. The van der Waals surface area contributed by atoms with Crippen LogP contribution in [0.2, 0.25) is 0 Å². The molecule has 0 unspecified atom stereocenters. The van der Waals surface area contributed by atoms with E-state index in [1.54, 1.807) is 28.9 Å². The molecule has 1 aliphatic heterocycles. The third-order valence-corrected chi connectivity index (χ3v) is 4.74. The van der Waals surface area contributed by atoms with E-state index >= 15 is 0 Å². The van der Waals surface area contributed by atoms with E-state index in [0.29, 0.717) is 39.2 Å². The van der Waals surface area contributed by atoms with Crippen molar-refractivity contribution in [3.8, 4) is 11.1 Å². The smallest absolute Gasteiger partial charge is 0.251 e. The molecule has 6 heteroatoms. The highest BCUT2D eigenvalue weighted by atomic mass is 19.1. The summed E-state index contributed by atoms with van der Waals surface area (Å²) in [5, 5.41) is 4.30. The number of para-hydroxylation sites is 1. The number of rotatable bonds is 2. The van der Waals surface area contributed by atoms with Crippen LogP contribution in [0.15, 0.2) is 72.0 Å². The molecule has 2 aromatic carbocycles. The number of halogens is 1. The first-order chi connectivity index (χ1) is 13.1. The summed E-state index contributed by atoms with van der Waals surface area (Å²) in [6.45, 7) is 0. The fourth-order valence-corrected chi connectivity index (χ4v) is 3.55. The minimum atomic E-state index is -0.573. The number of aromatic nitrogens is 2. The second-order valence-electron chi connectivity index (χ2n) is 6.28. The van der Waals surface area contributed by atoms with E-state index in [0.717, 1.165) is 5.56 Å². The molecule has 0 saturated carbocycles. The van der Waals surface area contributed by atoms with Crippen LogP contribution in [0.5, 0.6) is 0 Å². The lowest BCUT2D eigenvalue weighted by molar-refractivity contribution is 0.100. The van der Waals surface area contributed by atoms with E-state index in [1.165, 1.54) is 12.3 Å². The monoisotopic (exact) mass is 356 g/mol. The number of carbonyl (C=O) groups excluding carboxylic acids is 1. The SMILES string of the molecule is NC(=O)c1cnn2ccc3c2c1-c1ccccc1N=C3c1ccccc1F. The average molecular weight is 356 g/mol. The largest absolute Gasteiger partial charge is 0.366 e. The zero-order chi connectivity index (χ0) is 18.5. The van der Waals surface area contributed by atoms with Crippen LogP contribution >= 0.6 is 0 Å². The predicted molar refractivity (Wildman–Crippen MR) is 101 cm³/mol. The summed E-state index contributed by atoms with van der Waals surface area (Å²) in [5.74, 6) is -0.938. The van der Waals surface area contributed by atoms with Crippen molar-refractivity contribution in [1.82, 2.24) is 9.61 Å². The molecule has 0 saturated heterocycles. The van der Waals surface area contributed by atoms with Crippen molar-refractivity contribution in [3.63, 3.8) is 0 Å². The van der Waals surface area contributed by atoms with Gasteiger partial charge in [-0.25, -0.2) is 13.9 Å². The fraction of sp³-hybridized carbons (Fsp3) is 0. The zero-order valence-electron chi connectivity index (χ0n) is 14.1. The summed E-state index contributed by atoms with van der Waals surface area (Å²) in [7, 11) is 0. The first-order valence-corrected chi connectivity index (χ1v) is 8.38. The van der Waals surface area contributed by atoms with E-state index < -0.39 is 5.91 Å². The Hall–Kier alpha value is -3.80. The highest BCUT2D eigenvalue weighted by molar-refractivity contribution is 6.22. The molecule has 27 heavy (non-hydrogen) atoms. The first-order valence-electron chi connectivity index (χ1n) is 8.38. The van der Waals surface area contributed by atoms with Gasteiger partial charge in [0.05, 0.1) is 28.7 Å². The molecule has 0 aliphatic carbocycles. The Morgan fingerprint density at radius 1 is 0.963 bits per heavy atom. The predicted octanol–water partition coefficient (Wildman–Crippen LogP) is 3.72. The maximum atomic E-state index is 14.6. The van der Waals surface area contributed by atoms with E-state index in [1.807, 2.05) is 30.3 Å². The maximum Gasteiger partial charge on any atom is 0.251 e. The molecule has 0 bridgehead atoms. The van der Waals surface area contributed by atoms with Gasteiger partial charge < -0.3 is 5.73 Å². The number of hydrogen-bond acceptors (Lipinski definition) is 3. The zero-order valence-corrected chi connectivity index (χ0v) is 14.1. The van der Waals surface area contributed by atoms with Crippen LogP contribution in [-0.4, -0.2) is 21.2 Å². The van der Waals surface area contributed by atoms with E-state index in [-0.39, 0.29) is 5.82 Å². The number of hydrogen-bond donors (Lipinski definition) is 1. The second kappa shape index (κ2) is 5.60. The molecule has 5 nitrogen and oxygen atoms in total. The Labute approximate surface area is 153 Å². The van der Waals surface area contributed by atoms with Gasteiger partial charge in [-0.15, -0.1) is 0 Å². The van der Waals surface area contributed by atoms with Crippen molar-refractivity contribution >= 4 is 22.8 Å². The Bertz CT molecular complexity index is 1270. The lowest BCUT2D eigenvalue weighted by Crippen LogP contribution is -2.14. The summed E-state index contributed by atoms with van der Waals surface area (Å²) in [6, 6.07) is 15.8. The van der Waals surface area contributed by atoms with Gasteiger partial charge in [0.1, 0.15) is 5.82 Å². The van der Waals surface area contributed by atoms with Gasteiger partial charge in [0.25, 0.3) is 5.91 Å². The third kappa shape index (κ3) is 2.20. The van der Waals surface area contributed by atoms with Crippen LogP contribution in [0.3, 0.4) is 0 Å². The first kappa shape index (κ1) is 15.5. The second-order valence-corrected chi connectivity index (χ2v) is 6.28. The summed E-state index contributed by atoms with van der Waals surface area (Å²) in [4.78, 5) is 16.9. The number of amides is 1. The number of fused-ring (bicyclic) bond motifs is 2.